The van der Waals surface area contributed by atoms with E-state index in [0.717, 1.165) is 0 Å². The second kappa shape index (κ2) is 2.97. The molecular formula is C2H3F3Y. The molecule has 0 aromatic rings. The van der Waals surface area contributed by atoms with Gasteiger partial charge in [0.1, 0.15) is 0 Å². The summed E-state index contributed by atoms with van der Waals surface area (Å²) in [4.78, 5) is 0. The van der Waals surface area contributed by atoms with Crippen LogP contribution in [0, 0.1) is 0 Å². The molecule has 0 amide bonds. The molecule has 4 heteroatoms. The predicted molar refractivity (Wildman–Crippen MR) is 11.7 cm³/mol. The van der Waals surface area contributed by atoms with Gasteiger partial charge in [-0.3, -0.25) is 0 Å². The van der Waals surface area contributed by atoms with Gasteiger partial charge in [0.15, 0.2) is 0 Å². The molecule has 0 aliphatic rings. The van der Waals surface area contributed by atoms with Gasteiger partial charge in [-0.25, -0.2) is 0 Å². The summed E-state index contributed by atoms with van der Waals surface area (Å²) in [5.41, 5.74) is 0. The first-order valence-electron chi connectivity index (χ1n) is 1.07. The van der Waals surface area contributed by atoms with E-state index in [2.05, 4.69) is 0 Å². The molecule has 0 saturated carbocycles. The Morgan fingerprint density at radius 3 is 1.17 bits per heavy atom. The number of rotatable bonds is 0. The van der Waals surface area contributed by atoms with Crippen LogP contribution in [-0.2, 0) is 32.7 Å². The number of hydrogen-bond acceptors (Lipinski definition) is 0. The van der Waals surface area contributed by atoms with E-state index in [1.807, 2.05) is 0 Å². The van der Waals surface area contributed by atoms with E-state index in [0.29, 0.717) is 0 Å². The van der Waals surface area contributed by atoms with Crippen LogP contribution in [0.4, 0.5) is 13.2 Å². The second-order valence-electron chi connectivity index (χ2n) is 0.781. The molecule has 0 aliphatic heterocycles. The first kappa shape index (κ1) is 10.00. The van der Waals surface area contributed by atoms with Crippen molar-refractivity contribution in [3.63, 3.8) is 0 Å². The van der Waals surface area contributed by atoms with E-state index in [1.54, 1.807) is 0 Å². The Bertz CT molecular complexity index is 24.3. The molecule has 0 spiro atoms. The predicted octanol–water partition coefficient (Wildman–Crippen LogP) is 1.57. The van der Waals surface area contributed by atoms with Gasteiger partial charge in [0.25, 0.3) is 0 Å². The van der Waals surface area contributed by atoms with Gasteiger partial charge in [-0.2, -0.15) is 13.2 Å². The Kier molecular flexibility index (Phi) is 4.95. The van der Waals surface area contributed by atoms with Crippen LogP contribution >= 0.6 is 0 Å². The van der Waals surface area contributed by atoms with E-state index in [9.17, 15) is 13.2 Å². The third-order valence-electron chi connectivity index (χ3n) is 0. The summed E-state index contributed by atoms with van der Waals surface area (Å²) in [6.07, 6.45) is -4.00. The van der Waals surface area contributed by atoms with Gasteiger partial charge >= 0.3 is 6.18 Å². The van der Waals surface area contributed by atoms with Crippen molar-refractivity contribution in [1.82, 2.24) is 0 Å². The van der Waals surface area contributed by atoms with E-state index in [1.165, 1.54) is 0 Å². The van der Waals surface area contributed by atoms with E-state index in [4.69, 9.17) is 0 Å². The molecule has 1 radical (unpaired) electrons. The summed E-state index contributed by atoms with van der Waals surface area (Å²) in [7, 11) is 0. The second-order valence-corrected chi connectivity index (χ2v) is 0.781. The minimum atomic E-state index is -4.00. The SMILES string of the molecule is CC(F)(F)F.[Y]. The topological polar surface area (TPSA) is 0 Å². The molecule has 6 heavy (non-hydrogen) atoms. The van der Waals surface area contributed by atoms with Crippen molar-refractivity contribution in [1.29, 1.82) is 0 Å². The van der Waals surface area contributed by atoms with Crippen LogP contribution in [0.1, 0.15) is 6.92 Å². The molecule has 0 atom stereocenters. The van der Waals surface area contributed by atoms with Gasteiger partial charge in [-0.05, 0) is 0 Å². The molecule has 0 aromatic heterocycles. The number of halogens is 3. The van der Waals surface area contributed by atoms with E-state index < -0.39 is 6.18 Å². The Morgan fingerprint density at radius 1 is 1.17 bits per heavy atom. The zero-order valence-corrected chi connectivity index (χ0v) is 6.05. The Balaban J connectivity index is 0. The van der Waals surface area contributed by atoms with Crippen molar-refractivity contribution in [3.8, 4) is 0 Å². The zero-order chi connectivity index (χ0) is 4.50. The van der Waals surface area contributed by atoms with Crippen LogP contribution in [0.2, 0.25) is 0 Å². The molecule has 0 nitrogen and oxygen atoms in total. The third-order valence-corrected chi connectivity index (χ3v) is 0. The molecular weight excluding hydrogens is 170 g/mol. The van der Waals surface area contributed by atoms with Crippen LogP contribution < -0.4 is 0 Å². The van der Waals surface area contributed by atoms with Crippen molar-refractivity contribution < 1.29 is 45.9 Å². The average Bonchev–Trinajstić information content (AvgIpc) is 0.722. The first-order valence-corrected chi connectivity index (χ1v) is 1.07. The van der Waals surface area contributed by atoms with Gasteiger partial charge < -0.3 is 0 Å². The number of alkyl halides is 3. The zero-order valence-electron chi connectivity index (χ0n) is 3.21. The molecule has 0 rings (SSSR count). The largest absolute Gasteiger partial charge is 0.386 e. The van der Waals surface area contributed by atoms with Crippen molar-refractivity contribution in [2.45, 2.75) is 13.1 Å². The fourth-order valence-electron chi connectivity index (χ4n) is 0. The van der Waals surface area contributed by atoms with E-state index >= 15 is 0 Å². The molecule has 35 valence electrons. The summed E-state index contributed by atoms with van der Waals surface area (Å²) >= 11 is 0. The van der Waals surface area contributed by atoms with Crippen LogP contribution in [0.3, 0.4) is 0 Å². The van der Waals surface area contributed by atoms with Crippen LogP contribution in [0.15, 0.2) is 0 Å². The van der Waals surface area contributed by atoms with E-state index in [-0.39, 0.29) is 39.6 Å². The van der Waals surface area contributed by atoms with Crippen LogP contribution in [0.25, 0.3) is 0 Å². The molecule has 0 unspecified atom stereocenters. The molecule has 0 heterocycles. The van der Waals surface area contributed by atoms with Gasteiger partial charge in [-0.15, -0.1) is 0 Å². The summed E-state index contributed by atoms with van der Waals surface area (Å²) < 4.78 is 31.1. The molecule has 0 bridgehead atoms. The molecule has 0 fully saturated rings. The Hall–Kier alpha value is 0.894. The van der Waals surface area contributed by atoms with Gasteiger partial charge in [0.2, 0.25) is 0 Å². The molecule has 0 saturated heterocycles. The number of hydrogen-bond donors (Lipinski definition) is 0. The van der Waals surface area contributed by atoms with Crippen molar-refractivity contribution >= 4 is 0 Å². The fourth-order valence-corrected chi connectivity index (χ4v) is 0. The summed E-state index contributed by atoms with van der Waals surface area (Å²) in [6.45, 7) is 0.188. The smallest absolute Gasteiger partial charge is 0.172 e. The summed E-state index contributed by atoms with van der Waals surface area (Å²) in [6, 6.07) is 0. The minimum Gasteiger partial charge on any atom is -0.172 e. The van der Waals surface area contributed by atoms with Crippen molar-refractivity contribution in [3.05, 3.63) is 0 Å². The standard InChI is InChI=1S/C2H3F3.Y/c1-2(3,4)5;/h1H3;. The maximum absolute atomic E-state index is 10.4. The van der Waals surface area contributed by atoms with Gasteiger partial charge in [0, 0.05) is 39.6 Å². The van der Waals surface area contributed by atoms with Crippen molar-refractivity contribution in [2.24, 2.45) is 0 Å². The maximum Gasteiger partial charge on any atom is 0.386 e. The van der Waals surface area contributed by atoms with Gasteiger partial charge in [0.05, 0.1) is 0 Å². The third kappa shape index (κ3) is 92.9. The van der Waals surface area contributed by atoms with Crippen molar-refractivity contribution in [2.75, 3.05) is 0 Å². The Labute approximate surface area is 59.0 Å². The van der Waals surface area contributed by atoms with Crippen LogP contribution in [0.5, 0.6) is 0 Å². The molecule has 0 N–H and O–H groups in total. The first-order chi connectivity index (χ1) is 2.00. The Morgan fingerprint density at radius 2 is 1.17 bits per heavy atom. The quantitative estimate of drug-likeness (QED) is 0.521. The maximum atomic E-state index is 10.4. The fraction of sp³-hybridized carbons (Fsp3) is 1.00. The normalized spacial score (nSPS) is 10.0. The molecule has 0 aromatic carbocycles. The average molecular weight is 173 g/mol. The van der Waals surface area contributed by atoms with Gasteiger partial charge in [-0.1, -0.05) is 0 Å². The monoisotopic (exact) mass is 173 g/mol. The molecule has 0 aliphatic carbocycles. The minimum absolute atomic E-state index is 0. The van der Waals surface area contributed by atoms with Crippen LogP contribution in [-0.4, -0.2) is 6.18 Å². The summed E-state index contributed by atoms with van der Waals surface area (Å²) in [5, 5.41) is 0. The summed E-state index contributed by atoms with van der Waals surface area (Å²) in [5.74, 6) is 0.